The smallest absolute Gasteiger partial charge is 0.256 e. The molecule has 1 heterocycles. The maximum atomic E-state index is 13.2. The highest BCUT2D eigenvalue weighted by Crippen LogP contribution is 2.40. The van der Waals surface area contributed by atoms with Gasteiger partial charge < -0.3 is 28.4 Å². The molecular formula is C27H31NO8. The number of methoxy groups -OCH3 is 6. The van der Waals surface area contributed by atoms with Crippen LogP contribution in [0, 0.1) is 0 Å². The minimum atomic E-state index is -0.413. The second-order valence-corrected chi connectivity index (χ2v) is 7.82. The summed E-state index contributed by atoms with van der Waals surface area (Å²) in [5, 5.41) is 0. The highest BCUT2D eigenvalue weighted by atomic mass is 16.5. The van der Waals surface area contributed by atoms with E-state index in [-0.39, 0.29) is 5.91 Å². The van der Waals surface area contributed by atoms with Crippen molar-refractivity contribution in [3.05, 3.63) is 47.0 Å². The second-order valence-electron chi connectivity index (χ2n) is 7.82. The van der Waals surface area contributed by atoms with Crippen LogP contribution >= 0.6 is 0 Å². The number of carbonyl (C=O) groups excluding carboxylic acids is 2. The molecule has 1 aliphatic heterocycles. The normalized spacial score (nSPS) is 14.7. The first kappa shape index (κ1) is 26.5. The van der Waals surface area contributed by atoms with E-state index in [1.807, 2.05) is 0 Å². The summed E-state index contributed by atoms with van der Waals surface area (Å²) in [4.78, 5) is 27.3. The van der Waals surface area contributed by atoms with E-state index in [9.17, 15) is 9.59 Å². The SMILES string of the molecule is COc1cc(/C=C/C(=O)N2CCC/C(=C\c3cc(OC)c(OC)c(OC)c3)C2=O)cc(OC)c1OC. The Hall–Kier alpha value is -4.14. The van der Waals surface area contributed by atoms with Gasteiger partial charge in [-0.3, -0.25) is 14.5 Å². The average Bonchev–Trinajstić information content (AvgIpc) is 2.91. The standard InChI is InChI=1S/C27H31NO8/c1-31-20-13-17(14-21(32-2)25(20)35-5)9-10-24(29)28-11-7-8-19(27(28)30)12-18-15-22(33-3)26(36-6)23(16-18)34-4/h9-10,12-16H,7-8,11H2,1-6H3/b10-9+,19-12+. The van der Waals surface area contributed by atoms with Crippen molar-refractivity contribution in [1.82, 2.24) is 4.90 Å². The van der Waals surface area contributed by atoms with E-state index in [1.54, 1.807) is 36.4 Å². The Morgan fingerprint density at radius 3 is 1.67 bits per heavy atom. The van der Waals surface area contributed by atoms with Gasteiger partial charge in [-0.1, -0.05) is 0 Å². The van der Waals surface area contributed by atoms with Gasteiger partial charge in [0.1, 0.15) is 0 Å². The van der Waals surface area contributed by atoms with Crippen LogP contribution in [0.15, 0.2) is 35.9 Å². The molecule has 0 radical (unpaired) electrons. The molecule has 0 aliphatic carbocycles. The first-order valence-electron chi connectivity index (χ1n) is 11.2. The number of hydrogen-bond donors (Lipinski definition) is 0. The summed E-state index contributed by atoms with van der Waals surface area (Å²) >= 11 is 0. The number of imide groups is 1. The van der Waals surface area contributed by atoms with Crippen molar-refractivity contribution in [3.8, 4) is 34.5 Å². The molecule has 2 amide bonds. The monoisotopic (exact) mass is 497 g/mol. The zero-order valence-corrected chi connectivity index (χ0v) is 21.4. The highest BCUT2D eigenvalue weighted by Gasteiger charge is 2.27. The van der Waals surface area contributed by atoms with Crippen molar-refractivity contribution in [2.45, 2.75) is 12.8 Å². The number of benzene rings is 2. The quantitative estimate of drug-likeness (QED) is 0.481. The third-order valence-electron chi connectivity index (χ3n) is 5.75. The molecule has 9 heteroatoms. The molecule has 2 aromatic rings. The lowest BCUT2D eigenvalue weighted by atomic mass is 10.00. The van der Waals surface area contributed by atoms with E-state index < -0.39 is 5.91 Å². The molecule has 2 aromatic carbocycles. The van der Waals surface area contributed by atoms with Gasteiger partial charge in [-0.05, 0) is 60.4 Å². The summed E-state index contributed by atoms with van der Waals surface area (Å²) < 4.78 is 32.2. The summed E-state index contributed by atoms with van der Waals surface area (Å²) in [5.74, 6) is 2.06. The molecule has 192 valence electrons. The molecular weight excluding hydrogens is 466 g/mol. The van der Waals surface area contributed by atoms with Gasteiger partial charge in [0.05, 0.1) is 42.7 Å². The van der Waals surface area contributed by atoms with Crippen LogP contribution in [0.2, 0.25) is 0 Å². The molecule has 1 fully saturated rings. The number of hydrogen-bond acceptors (Lipinski definition) is 8. The Balaban J connectivity index is 1.85. The van der Waals surface area contributed by atoms with Crippen molar-refractivity contribution < 1.29 is 38.0 Å². The number of ether oxygens (including phenoxy) is 6. The zero-order chi connectivity index (χ0) is 26.2. The van der Waals surface area contributed by atoms with Crippen LogP contribution in [0.5, 0.6) is 34.5 Å². The van der Waals surface area contributed by atoms with Crippen LogP contribution in [0.1, 0.15) is 24.0 Å². The molecule has 1 aliphatic rings. The molecule has 1 saturated heterocycles. The lowest BCUT2D eigenvalue weighted by Crippen LogP contribution is -2.40. The van der Waals surface area contributed by atoms with E-state index in [2.05, 4.69) is 0 Å². The topological polar surface area (TPSA) is 92.8 Å². The average molecular weight is 498 g/mol. The molecule has 3 rings (SSSR count). The Morgan fingerprint density at radius 1 is 0.750 bits per heavy atom. The van der Waals surface area contributed by atoms with Gasteiger partial charge in [-0.25, -0.2) is 0 Å². The fraction of sp³-hybridized carbons (Fsp3) is 0.333. The third kappa shape index (κ3) is 5.56. The van der Waals surface area contributed by atoms with Crippen molar-refractivity contribution in [1.29, 1.82) is 0 Å². The van der Waals surface area contributed by atoms with E-state index in [0.29, 0.717) is 70.6 Å². The maximum absolute atomic E-state index is 13.2. The van der Waals surface area contributed by atoms with Crippen LogP contribution in [0.25, 0.3) is 12.2 Å². The molecule has 36 heavy (non-hydrogen) atoms. The minimum absolute atomic E-state index is 0.337. The zero-order valence-electron chi connectivity index (χ0n) is 21.4. The van der Waals surface area contributed by atoms with Gasteiger partial charge in [0.2, 0.25) is 11.5 Å². The van der Waals surface area contributed by atoms with Gasteiger partial charge >= 0.3 is 0 Å². The number of likely N-dealkylation sites (tertiary alicyclic amines) is 1. The van der Waals surface area contributed by atoms with E-state index in [4.69, 9.17) is 28.4 Å². The maximum Gasteiger partial charge on any atom is 0.256 e. The van der Waals surface area contributed by atoms with E-state index in [1.165, 1.54) is 53.6 Å². The van der Waals surface area contributed by atoms with Crippen LogP contribution < -0.4 is 28.4 Å². The molecule has 0 bridgehead atoms. The van der Waals surface area contributed by atoms with E-state index >= 15 is 0 Å². The first-order valence-corrected chi connectivity index (χ1v) is 11.2. The van der Waals surface area contributed by atoms with Gasteiger partial charge in [0, 0.05) is 18.2 Å². The number of carbonyl (C=O) groups is 2. The third-order valence-corrected chi connectivity index (χ3v) is 5.75. The van der Waals surface area contributed by atoms with Crippen LogP contribution in [0.4, 0.5) is 0 Å². The van der Waals surface area contributed by atoms with Gasteiger partial charge in [0.25, 0.3) is 11.8 Å². The van der Waals surface area contributed by atoms with Crippen molar-refractivity contribution in [2.24, 2.45) is 0 Å². The van der Waals surface area contributed by atoms with Crippen LogP contribution in [-0.4, -0.2) is 65.9 Å². The van der Waals surface area contributed by atoms with E-state index in [0.717, 1.165) is 0 Å². The fourth-order valence-corrected chi connectivity index (χ4v) is 3.99. The highest BCUT2D eigenvalue weighted by molar-refractivity contribution is 6.11. The first-order chi connectivity index (χ1) is 17.4. The van der Waals surface area contributed by atoms with Gasteiger partial charge in [0.15, 0.2) is 23.0 Å². The molecule has 0 spiro atoms. The number of piperidine rings is 1. The van der Waals surface area contributed by atoms with Gasteiger partial charge in [-0.15, -0.1) is 0 Å². The summed E-state index contributed by atoms with van der Waals surface area (Å²) in [6.45, 7) is 0.337. The second kappa shape index (κ2) is 12.0. The summed E-state index contributed by atoms with van der Waals surface area (Å²) in [7, 11) is 9.14. The molecule has 0 unspecified atom stereocenters. The predicted molar refractivity (Wildman–Crippen MR) is 135 cm³/mol. The molecule has 0 aromatic heterocycles. The lowest BCUT2D eigenvalue weighted by Gasteiger charge is -2.26. The Kier molecular flexibility index (Phi) is 8.83. The Morgan fingerprint density at radius 2 is 1.22 bits per heavy atom. The number of rotatable bonds is 9. The summed E-state index contributed by atoms with van der Waals surface area (Å²) in [6, 6.07) is 6.96. The molecule has 0 atom stereocenters. The molecule has 0 N–H and O–H groups in total. The van der Waals surface area contributed by atoms with Crippen LogP contribution in [-0.2, 0) is 9.59 Å². The summed E-state index contributed by atoms with van der Waals surface area (Å²) in [5.41, 5.74) is 1.88. The largest absolute Gasteiger partial charge is 0.493 e. The minimum Gasteiger partial charge on any atom is -0.493 e. The number of nitrogens with zero attached hydrogens (tertiary/aromatic N) is 1. The summed E-state index contributed by atoms with van der Waals surface area (Å²) in [6.07, 6.45) is 5.93. The predicted octanol–water partition coefficient (Wildman–Crippen LogP) is 3.98. The fourth-order valence-electron chi connectivity index (χ4n) is 3.99. The van der Waals surface area contributed by atoms with Crippen molar-refractivity contribution >= 4 is 24.0 Å². The Bertz CT molecular complexity index is 1130. The number of amides is 2. The van der Waals surface area contributed by atoms with Crippen molar-refractivity contribution in [3.63, 3.8) is 0 Å². The molecule has 0 saturated carbocycles. The van der Waals surface area contributed by atoms with Crippen molar-refractivity contribution in [2.75, 3.05) is 49.2 Å². The molecule has 9 nitrogen and oxygen atoms in total. The lowest BCUT2D eigenvalue weighted by molar-refractivity contribution is -0.140. The van der Waals surface area contributed by atoms with Crippen LogP contribution in [0.3, 0.4) is 0 Å². The Labute approximate surface area is 210 Å². The van der Waals surface area contributed by atoms with Gasteiger partial charge in [-0.2, -0.15) is 0 Å².